The van der Waals surface area contributed by atoms with Gasteiger partial charge in [0.1, 0.15) is 11.5 Å². The van der Waals surface area contributed by atoms with Gasteiger partial charge in [0.2, 0.25) is 5.91 Å². The van der Waals surface area contributed by atoms with Crippen LogP contribution in [0.3, 0.4) is 0 Å². The second-order valence-corrected chi connectivity index (χ2v) is 6.28. The summed E-state index contributed by atoms with van der Waals surface area (Å²) in [6.45, 7) is 0. The number of amides is 2. The van der Waals surface area contributed by atoms with E-state index in [1.54, 1.807) is 13.2 Å². The minimum atomic E-state index is -0.552. The number of hydrazine groups is 1. The fourth-order valence-electron chi connectivity index (χ4n) is 2.92. The van der Waals surface area contributed by atoms with Gasteiger partial charge in [-0.15, -0.1) is 0 Å². The highest BCUT2D eigenvalue weighted by atomic mass is 19.1. The highest BCUT2D eigenvalue weighted by Crippen LogP contribution is 2.31. The molecule has 30 heavy (non-hydrogen) atoms. The lowest BCUT2D eigenvalue weighted by atomic mass is 10.1. The number of benzene rings is 2. The average molecular weight is 412 g/mol. The monoisotopic (exact) mass is 412 g/mol. The third-order valence-electron chi connectivity index (χ3n) is 4.40. The number of nitrogens with zero attached hydrogens (tertiary/aromatic N) is 2. The van der Waals surface area contributed by atoms with Crippen LogP contribution in [0.15, 0.2) is 55.0 Å². The van der Waals surface area contributed by atoms with Crippen molar-refractivity contribution in [2.75, 3.05) is 14.2 Å². The van der Waals surface area contributed by atoms with E-state index in [-0.39, 0.29) is 23.8 Å². The summed E-state index contributed by atoms with van der Waals surface area (Å²) in [5, 5.41) is 0. The highest BCUT2D eigenvalue weighted by molar-refractivity contribution is 5.94. The Morgan fingerprint density at radius 1 is 1.07 bits per heavy atom. The van der Waals surface area contributed by atoms with Gasteiger partial charge in [-0.2, -0.15) is 0 Å². The van der Waals surface area contributed by atoms with Crippen LogP contribution >= 0.6 is 0 Å². The number of hydrogen-bond donors (Lipinski definition) is 2. The Morgan fingerprint density at radius 2 is 1.83 bits per heavy atom. The summed E-state index contributed by atoms with van der Waals surface area (Å²) in [6.07, 6.45) is 3.31. The molecule has 0 aliphatic carbocycles. The van der Waals surface area contributed by atoms with Crippen molar-refractivity contribution in [1.82, 2.24) is 20.4 Å². The molecule has 0 aliphatic rings. The number of nitrogens with one attached hydrogen (secondary N) is 2. The van der Waals surface area contributed by atoms with Gasteiger partial charge in [-0.1, -0.05) is 12.1 Å². The summed E-state index contributed by atoms with van der Waals surface area (Å²) in [4.78, 5) is 28.6. The maximum Gasteiger partial charge on any atom is 0.288 e. The smallest absolute Gasteiger partial charge is 0.288 e. The second-order valence-electron chi connectivity index (χ2n) is 6.28. The molecule has 156 valence electrons. The number of hydrogen-bond acceptors (Lipinski definition) is 5. The maximum atomic E-state index is 13.1. The van der Waals surface area contributed by atoms with Crippen molar-refractivity contribution >= 4 is 11.8 Å². The summed E-state index contributed by atoms with van der Waals surface area (Å²) in [7, 11) is 3.08. The van der Waals surface area contributed by atoms with E-state index in [1.165, 1.54) is 48.5 Å². The fourth-order valence-corrected chi connectivity index (χ4v) is 2.92. The van der Waals surface area contributed by atoms with Crippen LogP contribution in [0.5, 0.6) is 11.5 Å². The molecule has 0 atom stereocenters. The number of carbonyl (C=O) groups excluding carboxylic acids is 2. The van der Waals surface area contributed by atoms with Crippen LogP contribution < -0.4 is 20.3 Å². The summed E-state index contributed by atoms with van der Waals surface area (Å²) in [6, 6.07) is 11.0. The predicted molar refractivity (Wildman–Crippen MR) is 107 cm³/mol. The standard InChI is InChI=1S/C21H21FN4O4/c1-29-18-5-3-4-14(20(18)30-2)6-11-19(27)24-25-21(28)17-12-23-13-26(17)16-9-7-15(22)8-10-16/h3-5,7-10,12-13H,6,11H2,1-2H3,(H,24,27)(H,25,28). The zero-order valence-corrected chi connectivity index (χ0v) is 16.5. The van der Waals surface area contributed by atoms with Gasteiger partial charge in [0.15, 0.2) is 11.5 Å². The van der Waals surface area contributed by atoms with Crippen molar-refractivity contribution in [3.63, 3.8) is 0 Å². The number of para-hydroxylation sites is 1. The molecule has 3 aromatic rings. The molecule has 0 spiro atoms. The summed E-state index contributed by atoms with van der Waals surface area (Å²) < 4.78 is 25.2. The molecule has 2 aromatic carbocycles. The average Bonchev–Trinajstić information content (AvgIpc) is 3.26. The van der Waals surface area contributed by atoms with Gasteiger partial charge in [0, 0.05) is 12.1 Å². The third-order valence-corrected chi connectivity index (χ3v) is 4.40. The molecule has 2 amide bonds. The van der Waals surface area contributed by atoms with Crippen molar-refractivity contribution in [1.29, 1.82) is 0 Å². The Bertz CT molecular complexity index is 1030. The van der Waals surface area contributed by atoms with Crippen LogP contribution in [0, 0.1) is 5.82 Å². The van der Waals surface area contributed by atoms with E-state index in [9.17, 15) is 14.0 Å². The molecule has 0 bridgehead atoms. The molecule has 0 fully saturated rings. The quantitative estimate of drug-likeness (QED) is 0.582. The Labute approximate surface area is 172 Å². The number of rotatable bonds is 7. The lowest BCUT2D eigenvalue weighted by Gasteiger charge is -2.13. The van der Waals surface area contributed by atoms with Crippen LogP contribution in [0.1, 0.15) is 22.5 Å². The summed E-state index contributed by atoms with van der Waals surface area (Å²) >= 11 is 0. The number of ether oxygens (including phenoxy) is 2. The minimum absolute atomic E-state index is 0.126. The van der Waals surface area contributed by atoms with Crippen molar-refractivity contribution in [3.05, 3.63) is 72.1 Å². The van der Waals surface area contributed by atoms with Crippen molar-refractivity contribution in [2.24, 2.45) is 0 Å². The molecule has 1 heterocycles. The van der Waals surface area contributed by atoms with E-state index in [0.717, 1.165) is 5.56 Å². The van der Waals surface area contributed by atoms with E-state index >= 15 is 0 Å². The molecule has 8 nitrogen and oxygen atoms in total. The predicted octanol–water partition coefficient (Wildman–Crippen LogP) is 2.42. The lowest BCUT2D eigenvalue weighted by Crippen LogP contribution is -2.42. The Balaban J connectivity index is 1.58. The zero-order chi connectivity index (χ0) is 21.5. The molecule has 0 saturated heterocycles. The molecule has 0 saturated carbocycles. The van der Waals surface area contributed by atoms with E-state index in [0.29, 0.717) is 23.6 Å². The van der Waals surface area contributed by atoms with Crippen molar-refractivity contribution in [2.45, 2.75) is 12.8 Å². The topological polar surface area (TPSA) is 94.5 Å². The van der Waals surface area contributed by atoms with E-state index in [2.05, 4.69) is 15.8 Å². The SMILES string of the molecule is COc1cccc(CCC(=O)NNC(=O)c2cncn2-c2ccc(F)cc2)c1OC. The Morgan fingerprint density at radius 3 is 2.53 bits per heavy atom. The number of aromatic nitrogens is 2. The van der Waals surface area contributed by atoms with E-state index < -0.39 is 5.91 Å². The number of aryl methyl sites for hydroxylation is 1. The highest BCUT2D eigenvalue weighted by Gasteiger charge is 2.15. The first-order chi connectivity index (χ1) is 14.5. The first-order valence-electron chi connectivity index (χ1n) is 9.10. The first kappa shape index (κ1) is 20.8. The molecule has 1 aromatic heterocycles. The number of methoxy groups -OCH3 is 2. The zero-order valence-electron chi connectivity index (χ0n) is 16.5. The molecule has 3 rings (SSSR count). The van der Waals surface area contributed by atoms with Crippen molar-refractivity contribution < 1.29 is 23.5 Å². The molecule has 0 unspecified atom stereocenters. The van der Waals surface area contributed by atoms with Gasteiger partial charge >= 0.3 is 0 Å². The normalized spacial score (nSPS) is 10.4. The minimum Gasteiger partial charge on any atom is -0.493 e. The van der Waals surface area contributed by atoms with Gasteiger partial charge in [0.25, 0.3) is 5.91 Å². The van der Waals surface area contributed by atoms with Gasteiger partial charge in [-0.3, -0.25) is 25.0 Å². The maximum absolute atomic E-state index is 13.1. The van der Waals surface area contributed by atoms with Gasteiger partial charge in [-0.25, -0.2) is 9.37 Å². The second kappa shape index (κ2) is 9.55. The van der Waals surface area contributed by atoms with E-state index in [4.69, 9.17) is 9.47 Å². The van der Waals surface area contributed by atoms with Crippen LogP contribution in [0.4, 0.5) is 4.39 Å². The van der Waals surface area contributed by atoms with Crippen molar-refractivity contribution in [3.8, 4) is 17.2 Å². The van der Waals surface area contributed by atoms with Gasteiger partial charge in [-0.05, 0) is 42.3 Å². The molecule has 9 heteroatoms. The molecular weight excluding hydrogens is 391 g/mol. The molecule has 0 radical (unpaired) electrons. The molecule has 0 aliphatic heterocycles. The molecular formula is C21H21FN4O4. The number of halogens is 1. The van der Waals surface area contributed by atoms with Crippen LogP contribution in [0.2, 0.25) is 0 Å². The van der Waals surface area contributed by atoms with Gasteiger partial charge in [0.05, 0.1) is 26.7 Å². The number of imidazole rings is 1. The summed E-state index contributed by atoms with van der Waals surface area (Å²) in [5.74, 6) is -0.159. The van der Waals surface area contributed by atoms with E-state index in [1.807, 2.05) is 12.1 Å². The molecule has 2 N–H and O–H groups in total. The Kier molecular flexibility index (Phi) is 6.63. The number of carbonyl (C=O) groups is 2. The fraction of sp³-hybridized carbons (Fsp3) is 0.190. The van der Waals surface area contributed by atoms with Crippen LogP contribution in [0.25, 0.3) is 5.69 Å². The lowest BCUT2D eigenvalue weighted by molar-refractivity contribution is -0.121. The van der Waals surface area contributed by atoms with Crippen LogP contribution in [-0.4, -0.2) is 35.6 Å². The Hall–Kier alpha value is -3.88. The summed E-state index contributed by atoms with van der Waals surface area (Å²) in [5.41, 5.74) is 6.32. The third kappa shape index (κ3) is 4.75. The largest absolute Gasteiger partial charge is 0.493 e. The van der Waals surface area contributed by atoms with Gasteiger partial charge < -0.3 is 9.47 Å². The first-order valence-corrected chi connectivity index (χ1v) is 9.10. The van der Waals surface area contributed by atoms with Crippen LogP contribution in [-0.2, 0) is 11.2 Å².